The summed E-state index contributed by atoms with van der Waals surface area (Å²) in [5.41, 5.74) is 1.78. The molecular weight excluding hydrogens is 268 g/mol. The summed E-state index contributed by atoms with van der Waals surface area (Å²) in [7, 11) is 0. The van der Waals surface area contributed by atoms with Crippen molar-refractivity contribution in [1.29, 1.82) is 0 Å². The minimum atomic E-state index is -0.0543. The lowest BCUT2D eigenvalue weighted by Gasteiger charge is -2.05. The van der Waals surface area contributed by atoms with Crippen LogP contribution in [0.25, 0.3) is 0 Å². The van der Waals surface area contributed by atoms with Crippen molar-refractivity contribution in [2.24, 2.45) is 0 Å². The predicted molar refractivity (Wildman–Crippen MR) is 77.9 cm³/mol. The Bertz CT molecular complexity index is 622. The Hall–Kier alpha value is -2.33. The van der Waals surface area contributed by atoms with Gasteiger partial charge in [-0.1, -0.05) is 30.3 Å². The van der Waals surface area contributed by atoms with Gasteiger partial charge in [-0.2, -0.15) is 0 Å². The number of hydrogen-bond acceptors (Lipinski definition) is 4. The molecule has 0 fully saturated rings. The van der Waals surface area contributed by atoms with Crippen LogP contribution in [0.4, 0.5) is 0 Å². The maximum atomic E-state index is 12.0. The standard InChI is InChI=1S/C17H16O4/c18-15(11-19-9-8-13-4-2-1-3-5-13)14-6-7-16-17(10-14)21-12-20-16/h1-7,10H,8-9,11-12H2. The molecule has 0 bridgehead atoms. The van der Waals surface area contributed by atoms with E-state index in [1.54, 1.807) is 18.2 Å². The van der Waals surface area contributed by atoms with Crippen LogP contribution < -0.4 is 9.47 Å². The monoisotopic (exact) mass is 284 g/mol. The van der Waals surface area contributed by atoms with Crippen LogP contribution in [0.3, 0.4) is 0 Å². The second-order valence-corrected chi connectivity index (χ2v) is 4.78. The minimum Gasteiger partial charge on any atom is -0.454 e. The Balaban J connectivity index is 1.48. The highest BCUT2D eigenvalue weighted by molar-refractivity contribution is 5.97. The van der Waals surface area contributed by atoms with Crippen molar-refractivity contribution in [2.75, 3.05) is 20.0 Å². The van der Waals surface area contributed by atoms with E-state index < -0.39 is 0 Å². The Morgan fingerprint density at radius 1 is 1.05 bits per heavy atom. The molecular formula is C17H16O4. The van der Waals surface area contributed by atoms with Gasteiger partial charge in [-0.05, 0) is 30.2 Å². The van der Waals surface area contributed by atoms with Gasteiger partial charge in [0.2, 0.25) is 6.79 Å². The molecule has 0 unspecified atom stereocenters. The summed E-state index contributed by atoms with van der Waals surface area (Å²) in [6.45, 7) is 0.813. The second-order valence-electron chi connectivity index (χ2n) is 4.78. The van der Waals surface area contributed by atoms with E-state index in [9.17, 15) is 4.79 Å². The summed E-state index contributed by atoms with van der Waals surface area (Å²) in [6.07, 6.45) is 0.801. The highest BCUT2D eigenvalue weighted by Crippen LogP contribution is 2.32. The lowest BCUT2D eigenvalue weighted by atomic mass is 10.1. The van der Waals surface area contributed by atoms with E-state index in [1.165, 1.54) is 5.56 Å². The summed E-state index contributed by atoms with van der Waals surface area (Å²) < 4.78 is 15.9. The van der Waals surface area contributed by atoms with Crippen molar-refractivity contribution in [3.8, 4) is 11.5 Å². The number of ketones is 1. The van der Waals surface area contributed by atoms with Crippen LogP contribution in [0.1, 0.15) is 15.9 Å². The Labute approximate surface area is 123 Å². The van der Waals surface area contributed by atoms with E-state index in [2.05, 4.69) is 0 Å². The average Bonchev–Trinajstić information content (AvgIpc) is 3.00. The van der Waals surface area contributed by atoms with E-state index in [4.69, 9.17) is 14.2 Å². The maximum Gasteiger partial charge on any atom is 0.231 e. The van der Waals surface area contributed by atoms with Crippen molar-refractivity contribution >= 4 is 5.78 Å². The summed E-state index contributed by atoms with van der Waals surface area (Å²) in [5, 5.41) is 0. The zero-order valence-electron chi connectivity index (χ0n) is 11.6. The summed E-state index contributed by atoms with van der Waals surface area (Å²) in [5.74, 6) is 1.24. The van der Waals surface area contributed by atoms with Gasteiger partial charge in [-0.15, -0.1) is 0 Å². The topological polar surface area (TPSA) is 44.8 Å². The van der Waals surface area contributed by atoms with Crippen molar-refractivity contribution in [1.82, 2.24) is 0 Å². The van der Waals surface area contributed by atoms with Crippen LogP contribution >= 0.6 is 0 Å². The molecule has 0 saturated heterocycles. The predicted octanol–water partition coefficient (Wildman–Crippen LogP) is 2.86. The largest absolute Gasteiger partial charge is 0.454 e. The summed E-state index contributed by atoms with van der Waals surface area (Å²) in [6, 6.07) is 15.2. The molecule has 0 atom stereocenters. The zero-order chi connectivity index (χ0) is 14.5. The number of carbonyl (C=O) groups excluding carboxylic acids is 1. The average molecular weight is 284 g/mol. The number of hydrogen-bond donors (Lipinski definition) is 0. The third-order valence-corrected chi connectivity index (χ3v) is 3.31. The van der Waals surface area contributed by atoms with Gasteiger partial charge in [0, 0.05) is 5.56 Å². The Kier molecular flexibility index (Phi) is 4.17. The second kappa shape index (κ2) is 6.41. The van der Waals surface area contributed by atoms with Gasteiger partial charge < -0.3 is 14.2 Å². The fourth-order valence-electron chi connectivity index (χ4n) is 2.15. The molecule has 2 aromatic rings. The molecule has 4 nitrogen and oxygen atoms in total. The fraction of sp³-hybridized carbons (Fsp3) is 0.235. The number of rotatable bonds is 6. The highest BCUT2D eigenvalue weighted by atomic mass is 16.7. The van der Waals surface area contributed by atoms with Gasteiger partial charge in [0.25, 0.3) is 0 Å². The van der Waals surface area contributed by atoms with Crippen molar-refractivity contribution in [2.45, 2.75) is 6.42 Å². The van der Waals surface area contributed by atoms with Crippen LogP contribution in [0, 0.1) is 0 Å². The molecule has 1 heterocycles. The molecule has 3 rings (SSSR count). The van der Waals surface area contributed by atoms with Crippen LogP contribution in [-0.2, 0) is 11.2 Å². The van der Waals surface area contributed by atoms with Crippen molar-refractivity contribution < 1.29 is 19.0 Å². The number of Topliss-reactive ketones (excluding diaryl/α,β-unsaturated/α-hetero) is 1. The van der Waals surface area contributed by atoms with Crippen LogP contribution in [0.5, 0.6) is 11.5 Å². The molecule has 0 radical (unpaired) electrons. The first-order valence-corrected chi connectivity index (χ1v) is 6.87. The Morgan fingerprint density at radius 2 is 1.86 bits per heavy atom. The third kappa shape index (κ3) is 3.41. The van der Waals surface area contributed by atoms with E-state index in [0.717, 1.165) is 6.42 Å². The maximum absolute atomic E-state index is 12.0. The first-order chi connectivity index (χ1) is 10.3. The third-order valence-electron chi connectivity index (χ3n) is 3.31. The first-order valence-electron chi connectivity index (χ1n) is 6.87. The molecule has 2 aromatic carbocycles. The molecule has 0 aliphatic carbocycles. The minimum absolute atomic E-state index is 0.0543. The highest BCUT2D eigenvalue weighted by Gasteiger charge is 2.16. The van der Waals surface area contributed by atoms with Crippen molar-refractivity contribution in [3.63, 3.8) is 0 Å². The van der Waals surface area contributed by atoms with Gasteiger partial charge in [-0.3, -0.25) is 4.79 Å². The Morgan fingerprint density at radius 3 is 2.71 bits per heavy atom. The molecule has 1 aliphatic rings. The lowest BCUT2D eigenvalue weighted by Crippen LogP contribution is -2.10. The fourth-order valence-corrected chi connectivity index (χ4v) is 2.15. The van der Waals surface area contributed by atoms with E-state index in [1.807, 2.05) is 30.3 Å². The molecule has 0 saturated carbocycles. The van der Waals surface area contributed by atoms with E-state index >= 15 is 0 Å². The summed E-state index contributed by atoms with van der Waals surface area (Å²) in [4.78, 5) is 12.0. The normalized spacial score (nSPS) is 12.4. The summed E-state index contributed by atoms with van der Waals surface area (Å²) >= 11 is 0. The molecule has 21 heavy (non-hydrogen) atoms. The molecule has 0 amide bonds. The van der Waals surface area contributed by atoms with Crippen LogP contribution in [0.2, 0.25) is 0 Å². The first kappa shape index (κ1) is 13.6. The molecule has 0 spiro atoms. The SMILES string of the molecule is O=C(COCCc1ccccc1)c1ccc2c(c1)OCO2. The van der Waals surface area contributed by atoms with Gasteiger partial charge >= 0.3 is 0 Å². The number of carbonyl (C=O) groups is 1. The van der Waals surface area contributed by atoms with Crippen LogP contribution in [0.15, 0.2) is 48.5 Å². The number of benzene rings is 2. The molecule has 108 valence electrons. The van der Waals surface area contributed by atoms with E-state index in [0.29, 0.717) is 23.7 Å². The quantitative estimate of drug-likeness (QED) is 0.604. The number of fused-ring (bicyclic) bond motifs is 1. The zero-order valence-corrected chi connectivity index (χ0v) is 11.6. The molecule has 0 aromatic heterocycles. The van der Waals surface area contributed by atoms with Gasteiger partial charge in [-0.25, -0.2) is 0 Å². The molecule has 4 heteroatoms. The molecule has 0 N–H and O–H groups in total. The smallest absolute Gasteiger partial charge is 0.231 e. The van der Waals surface area contributed by atoms with Crippen LogP contribution in [-0.4, -0.2) is 25.8 Å². The van der Waals surface area contributed by atoms with Crippen molar-refractivity contribution in [3.05, 3.63) is 59.7 Å². The molecule has 1 aliphatic heterocycles. The van der Waals surface area contributed by atoms with E-state index in [-0.39, 0.29) is 19.2 Å². The number of ether oxygens (including phenoxy) is 3. The van der Waals surface area contributed by atoms with Gasteiger partial charge in [0.05, 0.1) is 6.61 Å². The van der Waals surface area contributed by atoms with Gasteiger partial charge in [0.1, 0.15) is 6.61 Å². The lowest BCUT2D eigenvalue weighted by molar-refractivity contribution is 0.0765. The van der Waals surface area contributed by atoms with Gasteiger partial charge in [0.15, 0.2) is 17.3 Å².